The highest BCUT2D eigenvalue weighted by Crippen LogP contribution is 2.21. The fourth-order valence-electron chi connectivity index (χ4n) is 2.56. The van der Waals surface area contributed by atoms with Gasteiger partial charge in [-0.15, -0.1) is 0 Å². The third-order valence-electron chi connectivity index (χ3n) is 3.94. The van der Waals surface area contributed by atoms with Crippen LogP contribution < -0.4 is 10.6 Å². The Morgan fingerprint density at radius 2 is 2.04 bits per heavy atom. The molecule has 1 unspecified atom stereocenters. The number of fused-ring (bicyclic) bond motifs is 1. The maximum Gasteiger partial charge on any atom is 0.313 e. The highest BCUT2D eigenvalue weighted by atomic mass is 16.3. The predicted molar refractivity (Wildman–Crippen MR) is 94.7 cm³/mol. The molecule has 0 radical (unpaired) electrons. The van der Waals surface area contributed by atoms with E-state index < -0.39 is 11.8 Å². The van der Waals surface area contributed by atoms with Crippen molar-refractivity contribution >= 4 is 28.4 Å². The summed E-state index contributed by atoms with van der Waals surface area (Å²) in [5, 5.41) is 15.2. The number of aliphatic hydroxyl groups is 1. The summed E-state index contributed by atoms with van der Waals surface area (Å²) >= 11 is 0. The first-order valence-electron chi connectivity index (χ1n) is 8.34. The molecule has 24 heavy (non-hydrogen) atoms. The largest absolute Gasteiger partial charge is 0.396 e. The molecule has 6 nitrogen and oxygen atoms in total. The van der Waals surface area contributed by atoms with Crippen molar-refractivity contribution in [2.45, 2.75) is 33.2 Å². The number of carbonyl (C=O) groups is 2. The summed E-state index contributed by atoms with van der Waals surface area (Å²) in [6, 6.07) is 7.63. The van der Waals surface area contributed by atoms with E-state index >= 15 is 0 Å². The molecule has 2 aromatic rings. The van der Waals surface area contributed by atoms with Crippen LogP contribution in [0, 0.1) is 5.92 Å². The van der Waals surface area contributed by atoms with E-state index in [9.17, 15) is 9.59 Å². The van der Waals surface area contributed by atoms with Crippen LogP contribution in [0.25, 0.3) is 10.9 Å². The molecule has 1 aromatic carbocycles. The summed E-state index contributed by atoms with van der Waals surface area (Å²) in [6.45, 7) is 5.36. The van der Waals surface area contributed by atoms with Crippen LogP contribution in [0.2, 0.25) is 0 Å². The average molecular weight is 331 g/mol. The minimum atomic E-state index is -0.681. The Labute approximate surface area is 141 Å². The van der Waals surface area contributed by atoms with Crippen molar-refractivity contribution < 1.29 is 14.7 Å². The smallest absolute Gasteiger partial charge is 0.313 e. The lowest BCUT2D eigenvalue weighted by atomic mass is 10.1. The number of hydrogen-bond donors (Lipinski definition) is 3. The maximum absolute atomic E-state index is 12.0. The SMILES string of the molecule is CCCn1ccc2ccc(NC(=O)C(=O)NCC(C)CCO)cc21. The lowest BCUT2D eigenvalue weighted by molar-refractivity contribution is -0.136. The molecule has 0 saturated carbocycles. The quantitative estimate of drug-likeness (QED) is 0.680. The summed E-state index contributed by atoms with van der Waals surface area (Å²) in [7, 11) is 0. The number of aryl methyl sites for hydroxylation is 1. The standard InChI is InChI=1S/C18H25N3O3/c1-3-8-21-9-6-14-4-5-15(11-16(14)21)20-18(24)17(23)19-12-13(2)7-10-22/h4-6,9,11,13,22H,3,7-8,10,12H2,1-2H3,(H,19,23)(H,20,24). The molecule has 0 fully saturated rings. The molecule has 2 rings (SSSR count). The van der Waals surface area contributed by atoms with Gasteiger partial charge in [-0.1, -0.05) is 19.9 Å². The van der Waals surface area contributed by atoms with Crippen molar-refractivity contribution in [3.63, 3.8) is 0 Å². The van der Waals surface area contributed by atoms with E-state index in [-0.39, 0.29) is 12.5 Å². The lowest BCUT2D eigenvalue weighted by Crippen LogP contribution is -2.37. The first-order valence-corrected chi connectivity index (χ1v) is 8.34. The zero-order valence-corrected chi connectivity index (χ0v) is 14.2. The Bertz CT molecular complexity index is 709. The third-order valence-corrected chi connectivity index (χ3v) is 3.94. The zero-order chi connectivity index (χ0) is 17.5. The summed E-state index contributed by atoms with van der Waals surface area (Å²) in [4.78, 5) is 23.8. The molecule has 2 amide bonds. The second-order valence-corrected chi connectivity index (χ2v) is 6.06. The van der Waals surface area contributed by atoms with Gasteiger partial charge < -0.3 is 20.3 Å². The molecule has 0 saturated heterocycles. The normalized spacial score (nSPS) is 12.1. The van der Waals surface area contributed by atoms with Gasteiger partial charge in [-0.3, -0.25) is 9.59 Å². The van der Waals surface area contributed by atoms with E-state index in [0.717, 1.165) is 23.9 Å². The van der Waals surface area contributed by atoms with Gasteiger partial charge in [0.15, 0.2) is 0 Å². The van der Waals surface area contributed by atoms with Crippen LogP contribution in [0.4, 0.5) is 5.69 Å². The van der Waals surface area contributed by atoms with Gasteiger partial charge in [-0.25, -0.2) is 0 Å². The zero-order valence-electron chi connectivity index (χ0n) is 14.2. The fourth-order valence-corrected chi connectivity index (χ4v) is 2.56. The maximum atomic E-state index is 12.0. The Balaban J connectivity index is 1.99. The topological polar surface area (TPSA) is 83.4 Å². The highest BCUT2D eigenvalue weighted by Gasteiger charge is 2.15. The van der Waals surface area contributed by atoms with Crippen molar-refractivity contribution in [1.29, 1.82) is 0 Å². The van der Waals surface area contributed by atoms with E-state index in [2.05, 4.69) is 22.1 Å². The molecule has 1 heterocycles. The number of amides is 2. The Kier molecular flexibility index (Phi) is 6.37. The molecule has 1 atom stereocenters. The van der Waals surface area contributed by atoms with Crippen molar-refractivity contribution in [1.82, 2.24) is 9.88 Å². The summed E-state index contributed by atoms with van der Waals surface area (Å²) in [5.41, 5.74) is 1.63. The van der Waals surface area contributed by atoms with Crippen LogP contribution in [0.15, 0.2) is 30.5 Å². The molecule has 0 aliphatic heterocycles. The molecule has 6 heteroatoms. The van der Waals surface area contributed by atoms with Gasteiger partial charge in [-0.2, -0.15) is 0 Å². The molecule has 1 aromatic heterocycles. The van der Waals surface area contributed by atoms with Gasteiger partial charge in [0.05, 0.1) is 5.52 Å². The molecule has 3 N–H and O–H groups in total. The van der Waals surface area contributed by atoms with Gasteiger partial charge >= 0.3 is 11.8 Å². The highest BCUT2D eigenvalue weighted by molar-refractivity contribution is 6.39. The van der Waals surface area contributed by atoms with Gasteiger partial charge in [0.2, 0.25) is 0 Å². The van der Waals surface area contributed by atoms with Gasteiger partial charge in [0.25, 0.3) is 0 Å². The summed E-state index contributed by atoms with van der Waals surface area (Å²) < 4.78 is 2.13. The van der Waals surface area contributed by atoms with Crippen molar-refractivity contribution in [3.05, 3.63) is 30.5 Å². The molecule has 0 aliphatic carbocycles. The fraction of sp³-hybridized carbons (Fsp3) is 0.444. The van der Waals surface area contributed by atoms with Gasteiger partial charge in [0.1, 0.15) is 0 Å². The Hall–Kier alpha value is -2.34. The number of benzene rings is 1. The van der Waals surface area contributed by atoms with Crippen LogP contribution in [0.1, 0.15) is 26.7 Å². The van der Waals surface area contributed by atoms with Crippen molar-refractivity contribution in [2.24, 2.45) is 5.92 Å². The molecule has 130 valence electrons. The average Bonchev–Trinajstić information content (AvgIpc) is 2.96. The number of aromatic nitrogens is 1. The molecular weight excluding hydrogens is 306 g/mol. The molecule has 0 bridgehead atoms. The monoisotopic (exact) mass is 331 g/mol. The molecular formula is C18H25N3O3. The second kappa shape index (κ2) is 8.49. The van der Waals surface area contributed by atoms with E-state index in [0.29, 0.717) is 18.7 Å². The molecule has 0 aliphatic rings. The minimum Gasteiger partial charge on any atom is -0.396 e. The number of anilines is 1. The van der Waals surface area contributed by atoms with Crippen LogP contribution >= 0.6 is 0 Å². The number of aliphatic hydroxyl groups excluding tert-OH is 1. The number of carbonyl (C=O) groups excluding carboxylic acids is 2. The Morgan fingerprint density at radius 3 is 2.75 bits per heavy atom. The van der Waals surface area contributed by atoms with Gasteiger partial charge in [-0.05, 0) is 42.3 Å². The second-order valence-electron chi connectivity index (χ2n) is 6.06. The molecule has 0 spiro atoms. The van der Waals surface area contributed by atoms with E-state index in [1.165, 1.54) is 0 Å². The van der Waals surface area contributed by atoms with Crippen LogP contribution in [0.5, 0.6) is 0 Å². The predicted octanol–water partition coefficient (Wildman–Crippen LogP) is 2.12. The lowest BCUT2D eigenvalue weighted by Gasteiger charge is -2.11. The summed E-state index contributed by atoms with van der Waals surface area (Å²) in [6.07, 6.45) is 3.64. The van der Waals surface area contributed by atoms with E-state index in [4.69, 9.17) is 5.11 Å². The van der Waals surface area contributed by atoms with E-state index in [1.54, 1.807) is 6.07 Å². The van der Waals surface area contributed by atoms with E-state index in [1.807, 2.05) is 31.3 Å². The van der Waals surface area contributed by atoms with Crippen LogP contribution in [-0.4, -0.2) is 34.6 Å². The first-order chi connectivity index (χ1) is 11.5. The number of nitrogens with one attached hydrogen (secondary N) is 2. The number of rotatable bonds is 7. The van der Waals surface area contributed by atoms with Crippen LogP contribution in [0.3, 0.4) is 0 Å². The van der Waals surface area contributed by atoms with Crippen molar-refractivity contribution in [3.8, 4) is 0 Å². The summed E-state index contributed by atoms with van der Waals surface area (Å²) in [5.74, 6) is -1.22. The number of hydrogen-bond acceptors (Lipinski definition) is 3. The Morgan fingerprint density at radius 1 is 1.25 bits per heavy atom. The first kappa shape index (κ1) is 18.0. The van der Waals surface area contributed by atoms with Gasteiger partial charge in [0, 0.05) is 31.6 Å². The van der Waals surface area contributed by atoms with Crippen LogP contribution in [-0.2, 0) is 16.1 Å². The van der Waals surface area contributed by atoms with Crippen molar-refractivity contribution in [2.75, 3.05) is 18.5 Å². The third kappa shape index (κ3) is 4.58. The number of nitrogens with zero attached hydrogens (tertiary/aromatic N) is 1. The minimum absolute atomic E-state index is 0.0701.